The van der Waals surface area contributed by atoms with Crippen molar-refractivity contribution >= 4 is 17.2 Å². The van der Waals surface area contributed by atoms with E-state index in [2.05, 4.69) is 18.7 Å². The summed E-state index contributed by atoms with van der Waals surface area (Å²) in [5, 5.41) is 0. The number of benzene rings is 1. The second-order valence-electron chi connectivity index (χ2n) is 5.25. The molecule has 5 heteroatoms. The van der Waals surface area contributed by atoms with Crippen molar-refractivity contribution in [2.24, 2.45) is 5.73 Å². The van der Waals surface area contributed by atoms with Crippen molar-refractivity contribution in [1.29, 1.82) is 0 Å². The van der Waals surface area contributed by atoms with Gasteiger partial charge in [0.1, 0.15) is 17.3 Å². The van der Waals surface area contributed by atoms with Crippen molar-refractivity contribution in [3.05, 3.63) is 29.8 Å². The van der Waals surface area contributed by atoms with Crippen LogP contribution in [0.1, 0.15) is 19.4 Å². The summed E-state index contributed by atoms with van der Waals surface area (Å²) < 4.78 is 11.5. The van der Waals surface area contributed by atoms with Gasteiger partial charge in [0.15, 0.2) is 0 Å². The molecule has 0 saturated carbocycles. The first kappa shape index (κ1) is 15.2. The zero-order chi connectivity index (χ0) is 14.5. The van der Waals surface area contributed by atoms with Gasteiger partial charge in [-0.25, -0.2) is 0 Å². The Kier molecular flexibility index (Phi) is 5.34. The number of hydrogen-bond acceptors (Lipinski definition) is 4. The third kappa shape index (κ3) is 4.44. The average Bonchev–Trinajstić information content (AvgIpc) is 2.38. The molecule has 2 N–H and O–H groups in total. The van der Waals surface area contributed by atoms with E-state index in [0.717, 1.165) is 30.9 Å². The van der Waals surface area contributed by atoms with Crippen LogP contribution in [0.2, 0.25) is 0 Å². The van der Waals surface area contributed by atoms with Crippen LogP contribution in [0, 0.1) is 0 Å². The molecule has 2 rings (SSSR count). The van der Waals surface area contributed by atoms with E-state index in [1.165, 1.54) is 0 Å². The molecular formula is C15H22N2O2S. The van der Waals surface area contributed by atoms with E-state index < -0.39 is 0 Å². The standard InChI is InChI=1S/C15H22N2O2S/c1-11-9-17(10-12(2)19-11)7-8-18-14-5-3-13(4-6-14)15(16)20/h3-6,11-12H,7-10H2,1-2H3,(H2,16,20)/t11-,12+. The maximum Gasteiger partial charge on any atom is 0.119 e. The Morgan fingerprint density at radius 3 is 2.45 bits per heavy atom. The Hall–Kier alpha value is -1.17. The summed E-state index contributed by atoms with van der Waals surface area (Å²) >= 11 is 4.92. The molecule has 0 bridgehead atoms. The lowest BCUT2D eigenvalue weighted by Crippen LogP contribution is -2.46. The van der Waals surface area contributed by atoms with Crippen molar-refractivity contribution in [2.75, 3.05) is 26.2 Å². The van der Waals surface area contributed by atoms with Gasteiger partial charge in [0, 0.05) is 25.2 Å². The van der Waals surface area contributed by atoms with Gasteiger partial charge < -0.3 is 15.2 Å². The molecule has 0 amide bonds. The fraction of sp³-hybridized carbons (Fsp3) is 0.533. The Bertz CT molecular complexity index is 440. The molecule has 1 heterocycles. The number of nitrogens with two attached hydrogens (primary N) is 1. The van der Waals surface area contributed by atoms with E-state index in [1.54, 1.807) is 0 Å². The highest BCUT2D eigenvalue weighted by atomic mass is 32.1. The van der Waals surface area contributed by atoms with E-state index in [9.17, 15) is 0 Å². The molecule has 2 atom stereocenters. The van der Waals surface area contributed by atoms with Crippen LogP contribution in [0.25, 0.3) is 0 Å². The van der Waals surface area contributed by atoms with Crippen LogP contribution in [0.15, 0.2) is 24.3 Å². The van der Waals surface area contributed by atoms with Gasteiger partial charge in [0.2, 0.25) is 0 Å². The maximum atomic E-state index is 5.75. The third-order valence-corrected chi connectivity index (χ3v) is 3.55. The summed E-state index contributed by atoms with van der Waals surface area (Å²) in [4.78, 5) is 2.79. The molecule has 0 spiro atoms. The number of nitrogens with zero attached hydrogens (tertiary/aromatic N) is 1. The highest BCUT2D eigenvalue weighted by Gasteiger charge is 2.21. The van der Waals surface area contributed by atoms with Crippen molar-refractivity contribution < 1.29 is 9.47 Å². The molecule has 1 aromatic carbocycles. The highest BCUT2D eigenvalue weighted by Crippen LogP contribution is 2.13. The summed E-state index contributed by atoms with van der Waals surface area (Å²) in [5.41, 5.74) is 6.42. The minimum absolute atomic E-state index is 0.295. The van der Waals surface area contributed by atoms with Gasteiger partial charge in [-0.1, -0.05) is 12.2 Å². The van der Waals surface area contributed by atoms with E-state index in [-0.39, 0.29) is 0 Å². The molecule has 1 saturated heterocycles. The molecule has 0 unspecified atom stereocenters. The van der Waals surface area contributed by atoms with Crippen LogP contribution in [-0.2, 0) is 4.74 Å². The Balaban J connectivity index is 1.76. The van der Waals surface area contributed by atoms with Crippen LogP contribution < -0.4 is 10.5 Å². The van der Waals surface area contributed by atoms with Crippen LogP contribution >= 0.6 is 12.2 Å². The van der Waals surface area contributed by atoms with Gasteiger partial charge in [0.05, 0.1) is 12.2 Å². The molecule has 20 heavy (non-hydrogen) atoms. The van der Waals surface area contributed by atoms with Crippen molar-refractivity contribution in [2.45, 2.75) is 26.1 Å². The van der Waals surface area contributed by atoms with Crippen LogP contribution in [0.3, 0.4) is 0 Å². The molecule has 1 aliphatic heterocycles. The lowest BCUT2D eigenvalue weighted by atomic mass is 10.2. The number of hydrogen-bond donors (Lipinski definition) is 1. The number of ether oxygens (including phenoxy) is 2. The first-order valence-corrected chi connectivity index (χ1v) is 7.36. The zero-order valence-electron chi connectivity index (χ0n) is 12.0. The second kappa shape index (κ2) is 7.02. The summed E-state index contributed by atoms with van der Waals surface area (Å²) in [6.07, 6.45) is 0.590. The smallest absolute Gasteiger partial charge is 0.119 e. The zero-order valence-corrected chi connectivity index (χ0v) is 12.9. The Morgan fingerprint density at radius 1 is 1.30 bits per heavy atom. The molecule has 0 aromatic heterocycles. The van der Waals surface area contributed by atoms with Gasteiger partial charge in [-0.2, -0.15) is 0 Å². The minimum atomic E-state index is 0.295. The van der Waals surface area contributed by atoms with Crippen LogP contribution in [0.5, 0.6) is 5.75 Å². The van der Waals surface area contributed by atoms with E-state index in [1.807, 2.05) is 24.3 Å². The van der Waals surface area contributed by atoms with Gasteiger partial charge in [0.25, 0.3) is 0 Å². The third-order valence-electron chi connectivity index (χ3n) is 3.31. The Labute approximate surface area is 125 Å². The number of rotatable bonds is 5. The molecule has 0 aliphatic carbocycles. The van der Waals surface area contributed by atoms with Crippen molar-refractivity contribution in [1.82, 2.24) is 4.90 Å². The predicted molar refractivity (Wildman–Crippen MR) is 84.3 cm³/mol. The second-order valence-corrected chi connectivity index (χ2v) is 5.69. The average molecular weight is 294 g/mol. The van der Waals surface area contributed by atoms with E-state index in [4.69, 9.17) is 27.4 Å². The fourth-order valence-corrected chi connectivity index (χ4v) is 2.61. The number of thiocarbonyl (C=S) groups is 1. The minimum Gasteiger partial charge on any atom is -0.492 e. The van der Waals surface area contributed by atoms with Gasteiger partial charge in [-0.05, 0) is 38.1 Å². The molecule has 110 valence electrons. The lowest BCUT2D eigenvalue weighted by molar-refractivity contribution is -0.0699. The molecule has 0 radical (unpaired) electrons. The largest absolute Gasteiger partial charge is 0.492 e. The summed E-state index contributed by atoms with van der Waals surface area (Å²) in [7, 11) is 0. The number of morpholine rings is 1. The molecular weight excluding hydrogens is 272 g/mol. The molecule has 1 aromatic rings. The summed E-state index contributed by atoms with van der Waals surface area (Å²) in [6.45, 7) is 7.74. The topological polar surface area (TPSA) is 47.7 Å². The molecule has 4 nitrogen and oxygen atoms in total. The predicted octanol–water partition coefficient (Wildman–Crippen LogP) is 1.81. The first-order valence-electron chi connectivity index (χ1n) is 6.95. The van der Waals surface area contributed by atoms with E-state index in [0.29, 0.717) is 23.8 Å². The monoisotopic (exact) mass is 294 g/mol. The van der Waals surface area contributed by atoms with Gasteiger partial charge in [-0.15, -0.1) is 0 Å². The SMILES string of the molecule is C[C@@H]1CN(CCOc2ccc(C(N)=S)cc2)C[C@H](C)O1. The van der Waals surface area contributed by atoms with Crippen molar-refractivity contribution in [3.8, 4) is 5.75 Å². The molecule has 1 fully saturated rings. The van der Waals surface area contributed by atoms with Crippen molar-refractivity contribution in [3.63, 3.8) is 0 Å². The first-order chi connectivity index (χ1) is 9.54. The van der Waals surface area contributed by atoms with E-state index >= 15 is 0 Å². The maximum absolute atomic E-state index is 5.75. The Morgan fingerprint density at radius 2 is 1.90 bits per heavy atom. The quantitative estimate of drug-likeness (QED) is 0.839. The van der Waals surface area contributed by atoms with Gasteiger partial charge in [-0.3, -0.25) is 4.90 Å². The summed E-state index contributed by atoms with van der Waals surface area (Å²) in [5.74, 6) is 0.847. The summed E-state index contributed by atoms with van der Waals surface area (Å²) in [6, 6.07) is 7.57. The highest BCUT2D eigenvalue weighted by molar-refractivity contribution is 7.80. The normalized spacial score (nSPS) is 23.5. The fourth-order valence-electron chi connectivity index (χ4n) is 2.47. The van der Waals surface area contributed by atoms with Crippen LogP contribution in [0.4, 0.5) is 0 Å². The lowest BCUT2D eigenvalue weighted by Gasteiger charge is -2.35. The molecule has 1 aliphatic rings. The van der Waals surface area contributed by atoms with Gasteiger partial charge >= 0.3 is 0 Å². The van der Waals surface area contributed by atoms with Crippen LogP contribution in [-0.4, -0.2) is 48.3 Å².